The van der Waals surface area contributed by atoms with Crippen molar-refractivity contribution in [1.82, 2.24) is 0 Å². The lowest BCUT2D eigenvalue weighted by atomic mass is 9.99. The van der Waals surface area contributed by atoms with Crippen molar-refractivity contribution in [2.45, 2.75) is 218 Å². The third-order valence-corrected chi connectivity index (χ3v) is 10.2. The van der Waals surface area contributed by atoms with E-state index in [1.807, 2.05) is 0 Å². The zero-order chi connectivity index (χ0) is 41.6. The number of carbonyl (C=O) groups excluding carboxylic acids is 2. The maximum atomic E-state index is 12.8. The first kappa shape index (κ1) is 52.7. The summed E-state index contributed by atoms with van der Waals surface area (Å²) in [5.41, 5.74) is 0. The van der Waals surface area contributed by atoms with Crippen LogP contribution in [0.15, 0.2) is 48.6 Å². The molecule has 0 radical (unpaired) electrons. The Hall–Kier alpha value is -2.34. The molecule has 1 saturated heterocycles. The molecule has 1 aliphatic rings. The van der Waals surface area contributed by atoms with Gasteiger partial charge in [-0.15, -0.1) is 0 Å². The number of aliphatic hydroxyl groups excluding tert-OH is 4. The van der Waals surface area contributed by atoms with E-state index in [2.05, 4.69) is 62.5 Å². The van der Waals surface area contributed by atoms with Crippen molar-refractivity contribution in [2.75, 3.05) is 19.8 Å². The second kappa shape index (κ2) is 37.9. The molecule has 0 aromatic rings. The van der Waals surface area contributed by atoms with E-state index in [4.69, 9.17) is 18.9 Å². The van der Waals surface area contributed by atoms with Crippen LogP contribution in [0.4, 0.5) is 0 Å². The summed E-state index contributed by atoms with van der Waals surface area (Å²) >= 11 is 0. The lowest BCUT2D eigenvalue weighted by Gasteiger charge is -2.39. The minimum Gasteiger partial charge on any atom is -0.462 e. The summed E-state index contributed by atoms with van der Waals surface area (Å²) in [7, 11) is 0. The van der Waals surface area contributed by atoms with E-state index in [0.29, 0.717) is 12.8 Å². The Bertz CT molecular complexity index is 1070. The third kappa shape index (κ3) is 29.5. The number of ether oxygens (including phenoxy) is 4. The van der Waals surface area contributed by atoms with Crippen LogP contribution in [0.5, 0.6) is 0 Å². The van der Waals surface area contributed by atoms with Crippen molar-refractivity contribution in [3.05, 3.63) is 48.6 Å². The van der Waals surface area contributed by atoms with Gasteiger partial charge in [-0.25, -0.2) is 0 Å². The van der Waals surface area contributed by atoms with Gasteiger partial charge in [-0.1, -0.05) is 140 Å². The van der Waals surface area contributed by atoms with Crippen LogP contribution < -0.4 is 0 Å². The van der Waals surface area contributed by atoms with Crippen LogP contribution >= 0.6 is 0 Å². The molecular weight excluding hydrogens is 725 g/mol. The Balaban J connectivity index is 2.36. The van der Waals surface area contributed by atoms with Crippen LogP contribution in [-0.4, -0.2) is 89.0 Å². The van der Waals surface area contributed by atoms with Gasteiger partial charge in [0.1, 0.15) is 31.0 Å². The molecule has 10 nitrogen and oxygen atoms in total. The first-order chi connectivity index (χ1) is 27.8. The molecule has 1 aliphatic heterocycles. The molecule has 0 aliphatic carbocycles. The fourth-order valence-electron chi connectivity index (χ4n) is 6.54. The monoisotopic (exact) mass is 807 g/mol. The molecule has 330 valence electrons. The van der Waals surface area contributed by atoms with Crippen LogP contribution in [0.25, 0.3) is 0 Å². The summed E-state index contributed by atoms with van der Waals surface area (Å²) < 4.78 is 22.1. The van der Waals surface area contributed by atoms with Crippen LogP contribution in [0.2, 0.25) is 0 Å². The molecule has 4 N–H and O–H groups in total. The number of unbranched alkanes of at least 4 members (excludes halogenated alkanes) is 18. The molecule has 1 rings (SSSR count). The largest absolute Gasteiger partial charge is 0.462 e. The van der Waals surface area contributed by atoms with E-state index < -0.39 is 55.4 Å². The lowest BCUT2D eigenvalue weighted by molar-refractivity contribution is -0.305. The number of hydrogen-bond donors (Lipinski definition) is 4. The zero-order valence-electron chi connectivity index (χ0n) is 35.8. The molecule has 1 fully saturated rings. The van der Waals surface area contributed by atoms with Gasteiger partial charge in [-0.3, -0.25) is 9.59 Å². The summed E-state index contributed by atoms with van der Waals surface area (Å²) in [6.07, 6.45) is 36.9. The molecule has 2 unspecified atom stereocenters. The maximum Gasteiger partial charge on any atom is 0.306 e. The normalized spacial score (nSPS) is 20.7. The molecule has 0 bridgehead atoms. The molecule has 0 saturated carbocycles. The van der Waals surface area contributed by atoms with Gasteiger partial charge in [0.25, 0.3) is 0 Å². The van der Waals surface area contributed by atoms with Gasteiger partial charge in [0.15, 0.2) is 12.4 Å². The average Bonchev–Trinajstić information content (AvgIpc) is 3.21. The highest BCUT2D eigenvalue weighted by atomic mass is 16.7. The highest BCUT2D eigenvalue weighted by molar-refractivity contribution is 5.70. The molecule has 0 aromatic heterocycles. The Labute approximate surface area is 346 Å². The summed E-state index contributed by atoms with van der Waals surface area (Å²) in [5.74, 6) is -0.854. The average molecular weight is 807 g/mol. The van der Waals surface area contributed by atoms with Crippen LogP contribution in [0, 0.1) is 0 Å². The molecule has 0 aromatic carbocycles. The van der Waals surface area contributed by atoms with Crippen molar-refractivity contribution in [3.63, 3.8) is 0 Å². The summed E-state index contributed by atoms with van der Waals surface area (Å²) in [6.45, 7) is 3.34. The van der Waals surface area contributed by atoms with Crippen molar-refractivity contribution in [1.29, 1.82) is 0 Å². The van der Waals surface area contributed by atoms with Crippen LogP contribution in [-0.2, 0) is 28.5 Å². The molecule has 0 amide bonds. The molecule has 1 heterocycles. The SMILES string of the molecule is CCCCC/C=C/C/C=C/C/C=C/CCCCC(=O)OC[C@H](CO[C@@H]1O[C@H](CO)[C@H](O)C(O)C1O)OC(=O)CCCCCCCCCCC/C=C/CCCCCC. The maximum absolute atomic E-state index is 12.8. The molecular formula is C47H82O10. The first-order valence-corrected chi connectivity index (χ1v) is 22.7. The lowest BCUT2D eigenvalue weighted by Crippen LogP contribution is -2.59. The van der Waals surface area contributed by atoms with Gasteiger partial charge in [0, 0.05) is 12.8 Å². The molecule has 0 spiro atoms. The van der Waals surface area contributed by atoms with Crippen molar-refractivity contribution < 1.29 is 49.0 Å². The van der Waals surface area contributed by atoms with Crippen molar-refractivity contribution >= 4 is 11.9 Å². The summed E-state index contributed by atoms with van der Waals surface area (Å²) in [6, 6.07) is 0. The fourth-order valence-corrected chi connectivity index (χ4v) is 6.54. The standard InChI is InChI=1S/C47H82O10/c1-3-5-7-9-11-13-15-17-19-20-22-24-26-28-30-32-34-36-43(50)56-40(39-55-47-46(53)45(52)44(51)41(37-48)57-47)38-54-42(49)35-33-31-29-27-25-23-21-18-16-14-12-10-8-6-4-2/h12-15,18,21,25,27,40-41,44-48,51-53H,3-11,16-17,19-20,22-24,26,28-39H2,1-2H3/b14-12+,15-13+,21-18+,27-25+/t40-,41-,44+,45?,46?,47-/m1/s1. The number of aliphatic hydroxyl groups is 4. The van der Waals surface area contributed by atoms with Crippen molar-refractivity contribution in [2.24, 2.45) is 0 Å². The third-order valence-electron chi connectivity index (χ3n) is 10.2. The van der Waals surface area contributed by atoms with Crippen molar-refractivity contribution in [3.8, 4) is 0 Å². The zero-order valence-corrected chi connectivity index (χ0v) is 35.8. The predicted molar refractivity (Wildman–Crippen MR) is 229 cm³/mol. The molecule has 57 heavy (non-hydrogen) atoms. The molecule has 6 atom stereocenters. The molecule has 10 heteroatoms. The number of carbonyl (C=O) groups is 2. The van der Waals surface area contributed by atoms with E-state index in [0.717, 1.165) is 51.4 Å². The fraction of sp³-hybridized carbons (Fsp3) is 0.787. The van der Waals surface area contributed by atoms with Gasteiger partial charge < -0.3 is 39.4 Å². The first-order valence-electron chi connectivity index (χ1n) is 22.7. The number of rotatable bonds is 37. The van der Waals surface area contributed by atoms with Gasteiger partial charge >= 0.3 is 11.9 Å². The Kier molecular flexibility index (Phi) is 35.0. The Morgan fingerprint density at radius 1 is 0.544 bits per heavy atom. The van der Waals surface area contributed by atoms with E-state index in [1.54, 1.807) is 0 Å². The van der Waals surface area contributed by atoms with E-state index in [1.165, 1.54) is 89.9 Å². The topological polar surface area (TPSA) is 152 Å². The minimum absolute atomic E-state index is 0.218. The predicted octanol–water partition coefficient (Wildman–Crippen LogP) is 9.67. The summed E-state index contributed by atoms with van der Waals surface area (Å²) in [5, 5.41) is 40.1. The van der Waals surface area contributed by atoms with Gasteiger partial charge in [0.05, 0.1) is 13.2 Å². The van der Waals surface area contributed by atoms with Gasteiger partial charge in [-0.05, 0) is 77.0 Å². The van der Waals surface area contributed by atoms with E-state index >= 15 is 0 Å². The van der Waals surface area contributed by atoms with E-state index in [-0.39, 0.29) is 26.1 Å². The minimum atomic E-state index is -1.60. The second-order valence-electron chi connectivity index (χ2n) is 15.5. The van der Waals surface area contributed by atoms with Gasteiger partial charge in [0.2, 0.25) is 0 Å². The van der Waals surface area contributed by atoms with Crippen LogP contribution in [0.1, 0.15) is 181 Å². The van der Waals surface area contributed by atoms with Crippen LogP contribution in [0.3, 0.4) is 0 Å². The summed E-state index contributed by atoms with van der Waals surface area (Å²) in [4.78, 5) is 25.3. The highest BCUT2D eigenvalue weighted by Crippen LogP contribution is 2.22. The Morgan fingerprint density at radius 3 is 1.56 bits per heavy atom. The van der Waals surface area contributed by atoms with Gasteiger partial charge in [-0.2, -0.15) is 0 Å². The number of allylic oxidation sites excluding steroid dienone is 8. The number of hydrogen-bond acceptors (Lipinski definition) is 10. The Morgan fingerprint density at radius 2 is 0.982 bits per heavy atom. The quantitative estimate of drug-likeness (QED) is 0.0271. The highest BCUT2D eigenvalue weighted by Gasteiger charge is 2.44. The second-order valence-corrected chi connectivity index (χ2v) is 15.5. The number of esters is 2. The smallest absolute Gasteiger partial charge is 0.306 e. The van der Waals surface area contributed by atoms with E-state index in [9.17, 15) is 30.0 Å².